The first-order valence-corrected chi connectivity index (χ1v) is 8.54. The normalized spacial score (nSPS) is 18.8. The lowest BCUT2D eigenvalue weighted by Gasteiger charge is -2.22. The number of rotatable bonds is 2. The van der Waals surface area contributed by atoms with Gasteiger partial charge in [-0.05, 0) is 70.2 Å². The molecule has 3 rings (SSSR count). The first-order chi connectivity index (χ1) is 11.4. The van der Waals surface area contributed by atoms with Crippen LogP contribution in [0.2, 0.25) is 0 Å². The molecule has 2 aromatic heterocycles. The van der Waals surface area contributed by atoms with E-state index in [9.17, 15) is 4.79 Å². The zero-order valence-electron chi connectivity index (χ0n) is 14.6. The number of carbonyl (C=O) groups excluding carboxylic acids is 1. The van der Waals surface area contributed by atoms with E-state index in [1.165, 1.54) is 5.57 Å². The van der Waals surface area contributed by atoms with Gasteiger partial charge in [-0.25, -0.2) is 4.79 Å². The van der Waals surface area contributed by atoms with Crippen LogP contribution in [0.25, 0.3) is 16.6 Å². The van der Waals surface area contributed by atoms with Gasteiger partial charge in [-0.1, -0.05) is 0 Å². The Morgan fingerprint density at radius 2 is 2.21 bits per heavy atom. The lowest BCUT2D eigenvalue weighted by atomic mass is 10.0. The SMILES string of the molecule is CC(C)(C)NC(=O)OC1C=C(c2c[nH]c3cccnc23)CCCC1. The third-order valence-corrected chi connectivity index (χ3v) is 4.09. The highest BCUT2D eigenvalue weighted by Crippen LogP contribution is 2.31. The molecule has 0 fully saturated rings. The van der Waals surface area contributed by atoms with Crippen LogP contribution in [0.3, 0.4) is 0 Å². The number of aromatic nitrogens is 2. The van der Waals surface area contributed by atoms with Crippen LogP contribution in [0, 0.1) is 0 Å². The highest BCUT2D eigenvalue weighted by Gasteiger charge is 2.21. The summed E-state index contributed by atoms with van der Waals surface area (Å²) < 4.78 is 5.63. The van der Waals surface area contributed by atoms with Crippen molar-refractivity contribution >= 4 is 22.7 Å². The van der Waals surface area contributed by atoms with Crippen molar-refractivity contribution < 1.29 is 9.53 Å². The molecule has 1 aliphatic rings. The number of H-pyrrole nitrogens is 1. The molecule has 0 saturated carbocycles. The molecule has 0 aromatic carbocycles. The summed E-state index contributed by atoms with van der Waals surface area (Å²) >= 11 is 0. The van der Waals surface area contributed by atoms with E-state index in [2.05, 4.69) is 21.4 Å². The topological polar surface area (TPSA) is 67.0 Å². The Bertz CT molecular complexity index is 755. The molecule has 128 valence electrons. The van der Waals surface area contributed by atoms with Crippen molar-refractivity contribution in [2.24, 2.45) is 0 Å². The van der Waals surface area contributed by atoms with E-state index in [0.717, 1.165) is 42.3 Å². The third kappa shape index (κ3) is 3.96. The number of pyridine rings is 1. The van der Waals surface area contributed by atoms with Gasteiger partial charge in [-0.15, -0.1) is 0 Å². The van der Waals surface area contributed by atoms with Crippen molar-refractivity contribution in [1.82, 2.24) is 15.3 Å². The maximum atomic E-state index is 12.1. The smallest absolute Gasteiger partial charge is 0.408 e. The van der Waals surface area contributed by atoms with Gasteiger partial charge in [-0.3, -0.25) is 4.98 Å². The number of nitrogens with zero attached hydrogens (tertiary/aromatic N) is 1. The summed E-state index contributed by atoms with van der Waals surface area (Å²) in [5.74, 6) is 0. The Morgan fingerprint density at radius 3 is 3.00 bits per heavy atom. The molecule has 5 heteroatoms. The second-order valence-electron chi connectivity index (χ2n) is 7.36. The molecule has 5 nitrogen and oxygen atoms in total. The van der Waals surface area contributed by atoms with Crippen molar-refractivity contribution in [2.45, 2.75) is 58.1 Å². The molecule has 0 bridgehead atoms. The van der Waals surface area contributed by atoms with E-state index in [0.29, 0.717) is 0 Å². The van der Waals surface area contributed by atoms with Gasteiger partial charge in [0.05, 0.1) is 11.0 Å². The summed E-state index contributed by atoms with van der Waals surface area (Å²) in [6.07, 6.45) is 9.31. The largest absolute Gasteiger partial charge is 0.442 e. The van der Waals surface area contributed by atoms with Crippen molar-refractivity contribution in [3.63, 3.8) is 0 Å². The molecule has 1 unspecified atom stereocenters. The van der Waals surface area contributed by atoms with Gasteiger partial charge >= 0.3 is 6.09 Å². The second kappa shape index (κ2) is 6.67. The Labute approximate surface area is 142 Å². The minimum absolute atomic E-state index is 0.196. The maximum Gasteiger partial charge on any atom is 0.408 e. The van der Waals surface area contributed by atoms with Crippen LogP contribution in [0.4, 0.5) is 4.79 Å². The van der Waals surface area contributed by atoms with Crippen LogP contribution in [0.15, 0.2) is 30.6 Å². The van der Waals surface area contributed by atoms with Crippen molar-refractivity contribution in [3.8, 4) is 0 Å². The van der Waals surface area contributed by atoms with Crippen molar-refractivity contribution in [2.75, 3.05) is 0 Å². The fourth-order valence-electron chi connectivity index (χ4n) is 3.04. The average Bonchev–Trinajstić information content (AvgIpc) is 2.79. The Balaban J connectivity index is 1.82. The fourth-order valence-corrected chi connectivity index (χ4v) is 3.04. The van der Waals surface area contributed by atoms with Crippen LogP contribution in [-0.2, 0) is 4.74 Å². The number of hydrogen-bond donors (Lipinski definition) is 2. The molecule has 2 heterocycles. The minimum atomic E-state index is -0.359. The van der Waals surface area contributed by atoms with Gasteiger partial charge in [0.1, 0.15) is 6.10 Å². The fraction of sp³-hybridized carbons (Fsp3) is 0.474. The predicted octanol–water partition coefficient (Wildman–Crippen LogP) is 4.41. The summed E-state index contributed by atoms with van der Waals surface area (Å²) in [7, 11) is 0. The standard InChI is InChI=1S/C19H25N3O2/c1-19(2,3)22-18(23)24-14-8-5-4-7-13(11-14)15-12-21-16-9-6-10-20-17(15)16/h6,9-12,14,21H,4-5,7-8H2,1-3H3,(H,22,23). The molecule has 0 aliphatic heterocycles. The summed E-state index contributed by atoms with van der Waals surface area (Å²) in [5.41, 5.74) is 4.02. The second-order valence-corrected chi connectivity index (χ2v) is 7.36. The number of alkyl carbamates (subject to hydrolysis) is 1. The van der Waals surface area contributed by atoms with E-state index >= 15 is 0 Å². The maximum absolute atomic E-state index is 12.1. The molecule has 2 N–H and O–H groups in total. The number of allylic oxidation sites excluding steroid dienone is 1. The van der Waals surface area contributed by atoms with Gasteiger partial charge in [0.2, 0.25) is 0 Å². The molecule has 2 aromatic rings. The number of amides is 1. The molecule has 0 radical (unpaired) electrons. The quantitative estimate of drug-likeness (QED) is 0.858. The number of aromatic amines is 1. The van der Waals surface area contributed by atoms with E-state index < -0.39 is 0 Å². The third-order valence-electron chi connectivity index (χ3n) is 4.09. The highest BCUT2D eigenvalue weighted by molar-refractivity contribution is 5.89. The van der Waals surface area contributed by atoms with Gasteiger partial charge in [0, 0.05) is 23.5 Å². The van der Waals surface area contributed by atoms with Gasteiger partial charge in [-0.2, -0.15) is 0 Å². The zero-order valence-corrected chi connectivity index (χ0v) is 14.6. The number of nitrogens with one attached hydrogen (secondary N) is 2. The zero-order chi connectivity index (χ0) is 17.2. The van der Waals surface area contributed by atoms with Crippen LogP contribution < -0.4 is 5.32 Å². The molecular formula is C19H25N3O2. The molecule has 1 atom stereocenters. The van der Waals surface area contributed by atoms with E-state index in [4.69, 9.17) is 4.74 Å². The predicted molar refractivity (Wildman–Crippen MR) is 95.7 cm³/mol. The highest BCUT2D eigenvalue weighted by atomic mass is 16.6. The Hall–Kier alpha value is -2.30. The lowest BCUT2D eigenvalue weighted by molar-refractivity contribution is 0.108. The van der Waals surface area contributed by atoms with E-state index in [1.807, 2.05) is 45.3 Å². The summed E-state index contributed by atoms with van der Waals surface area (Å²) in [5, 5.41) is 2.86. The average molecular weight is 327 g/mol. The molecule has 1 aliphatic carbocycles. The Morgan fingerprint density at radius 1 is 1.38 bits per heavy atom. The van der Waals surface area contributed by atoms with Crippen LogP contribution in [0.5, 0.6) is 0 Å². The first kappa shape index (κ1) is 16.6. The minimum Gasteiger partial charge on any atom is -0.442 e. The van der Waals surface area contributed by atoms with Crippen LogP contribution >= 0.6 is 0 Å². The Kier molecular flexibility index (Phi) is 4.60. The van der Waals surface area contributed by atoms with Gasteiger partial charge in [0.15, 0.2) is 0 Å². The number of fused-ring (bicyclic) bond motifs is 1. The van der Waals surface area contributed by atoms with Crippen molar-refractivity contribution in [3.05, 3.63) is 36.2 Å². The van der Waals surface area contributed by atoms with E-state index in [1.54, 1.807) is 0 Å². The van der Waals surface area contributed by atoms with Crippen LogP contribution in [0.1, 0.15) is 52.0 Å². The first-order valence-electron chi connectivity index (χ1n) is 8.54. The number of ether oxygens (including phenoxy) is 1. The monoisotopic (exact) mass is 327 g/mol. The number of hydrogen-bond acceptors (Lipinski definition) is 3. The van der Waals surface area contributed by atoms with Gasteiger partial charge < -0.3 is 15.0 Å². The molecular weight excluding hydrogens is 302 g/mol. The molecule has 24 heavy (non-hydrogen) atoms. The molecule has 0 saturated heterocycles. The molecule has 1 amide bonds. The summed E-state index contributed by atoms with van der Waals surface area (Å²) in [6.45, 7) is 5.83. The summed E-state index contributed by atoms with van der Waals surface area (Å²) in [4.78, 5) is 19.8. The molecule has 0 spiro atoms. The summed E-state index contributed by atoms with van der Waals surface area (Å²) in [6, 6.07) is 3.95. The van der Waals surface area contributed by atoms with Crippen molar-refractivity contribution in [1.29, 1.82) is 0 Å². The van der Waals surface area contributed by atoms with E-state index in [-0.39, 0.29) is 17.7 Å². The van der Waals surface area contributed by atoms with Gasteiger partial charge in [0.25, 0.3) is 0 Å². The number of carbonyl (C=O) groups is 1. The van der Waals surface area contributed by atoms with Crippen LogP contribution in [-0.4, -0.2) is 27.7 Å². The lowest BCUT2D eigenvalue weighted by Crippen LogP contribution is -2.42.